The predicted molar refractivity (Wildman–Crippen MR) is 87.1 cm³/mol. The third-order valence-electron chi connectivity index (χ3n) is 4.19. The minimum Gasteiger partial charge on any atom is -0.447 e. The number of ether oxygens (including phenoxy) is 1. The van der Waals surface area contributed by atoms with Crippen LogP contribution >= 0.6 is 0 Å². The van der Waals surface area contributed by atoms with Gasteiger partial charge in [-0.2, -0.15) is 5.10 Å². The van der Waals surface area contributed by atoms with E-state index in [1.54, 1.807) is 12.5 Å². The summed E-state index contributed by atoms with van der Waals surface area (Å²) >= 11 is 0. The van der Waals surface area contributed by atoms with Gasteiger partial charge in [-0.25, -0.2) is 4.98 Å². The minimum atomic E-state index is -0.453. The van der Waals surface area contributed by atoms with Crippen LogP contribution in [0.5, 0.6) is 0 Å². The average Bonchev–Trinajstić information content (AvgIpc) is 3.26. The van der Waals surface area contributed by atoms with Gasteiger partial charge in [0.15, 0.2) is 0 Å². The summed E-state index contributed by atoms with van der Waals surface area (Å²) in [7, 11) is 0. The van der Waals surface area contributed by atoms with Gasteiger partial charge in [0.2, 0.25) is 11.8 Å². The Bertz CT molecular complexity index is 672. The fraction of sp³-hybridized carbons (Fsp3) is 0.588. The monoisotopic (exact) mass is 332 g/mol. The lowest BCUT2D eigenvalue weighted by Crippen LogP contribution is -2.39. The maximum absolute atomic E-state index is 12.4. The van der Waals surface area contributed by atoms with Crippen molar-refractivity contribution in [3.63, 3.8) is 0 Å². The lowest BCUT2D eigenvalue weighted by atomic mass is 9.93. The van der Waals surface area contributed by atoms with E-state index in [1.807, 2.05) is 16.9 Å². The number of hydrogen-bond donors (Lipinski definition) is 1. The lowest BCUT2D eigenvalue weighted by Gasteiger charge is -2.17. The first-order valence-corrected chi connectivity index (χ1v) is 8.25. The van der Waals surface area contributed by atoms with Gasteiger partial charge >= 0.3 is 0 Å². The normalized spacial score (nSPS) is 21.1. The van der Waals surface area contributed by atoms with E-state index in [2.05, 4.69) is 36.2 Å². The number of carbonyl (C=O) groups excluding carboxylic acids is 1. The molecule has 3 heterocycles. The van der Waals surface area contributed by atoms with E-state index in [9.17, 15) is 4.79 Å². The highest BCUT2D eigenvalue weighted by atomic mass is 16.5. The van der Waals surface area contributed by atoms with E-state index in [-0.39, 0.29) is 23.8 Å². The molecule has 24 heavy (non-hydrogen) atoms. The zero-order valence-corrected chi connectivity index (χ0v) is 14.4. The molecule has 0 radical (unpaired) electrons. The molecule has 1 saturated heterocycles. The number of nitrogens with one attached hydrogen (secondary N) is 1. The Morgan fingerprint density at radius 3 is 2.96 bits per heavy atom. The first kappa shape index (κ1) is 16.7. The van der Waals surface area contributed by atoms with Crippen LogP contribution in [0.15, 0.2) is 29.1 Å². The first-order valence-electron chi connectivity index (χ1n) is 8.25. The van der Waals surface area contributed by atoms with Gasteiger partial charge in [-0.3, -0.25) is 9.48 Å². The number of hydrogen-bond acceptors (Lipinski definition) is 5. The summed E-state index contributed by atoms with van der Waals surface area (Å²) in [5.41, 5.74) is 0.801. The highest BCUT2D eigenvalue weighted by Crippen LogP contribution is 2.23. The number of nitrogens with zero attached hydrogens (tertiary/aromatic N) is 3. The SMILES string of the molecule is CC(C)(C)c1coc(CNC(=O)[C@@H]2OCC[C@@H]2Cn2cccn2)n1. The number of rotatable bonds is 5. The molecule has 7 heteroatoms. The maximum atomic E-state index is 12.4. The van der Waals surface area contributed by atoms with Crippen LogP contribution < -0.4 is 5.32 Å². The molecule has 0 aromatic carbocycles. The van der Waals surface area contributed by atoms with Crippen LogP contribution in [0.2, 0.25) is 0 Å². The Kier molecular flexibility index (Phi) is 4.71. The topological polar surface area (TPSA) is 82.2 Å². The van der Waals surface area contributed by atoms with E-state index in [4.69, 9.17) is 9.15 Å². The third-order valence-corrected chi connectivity index (χ3v) is 4.19. The van der Waals surface area contributed by atoms with Crippen molar-refractivity contribution >= 4 is 5.91 Å². The average molecular weight is 332 g/mol. The number of aromatic nitrogens is 3. The molecule has 3 rings (SSSR count). The van der Waals surface area contributed by atoms with Gasteiger partial charge < -0.3 is 14.5 Å². The zero-order valence-electron chi connectivity index (χ0n) is 14.4. The molecule has 1 fully saturated rings. The van der Waals surface area contributed by atoms with E-state index in [0.717, 1.165) is 12.1 Å². The van der Waals surface area contributed by atoms with Crippen LogP contribution in [0.3, 0.4) is 0 Å². The Morgan fingerprint density at radius 2 is 2.29 bits per heavy atom. The molecule has 2 atom stereocenters. The Morgan fingerprint density at radius 1 is 1.46 bits per heavy atom. The van der Waals surface area contributed by atoms with E-state index in [1.165, 1.54) is 0 Å². The van der Waals surface area contributed by atoms with E-state index < -0.39 is 6.10 Å². The molecule has 2 aromatic heterocycles. The molecule has 2 aromatic rings. The largest absolute Gasteiger partial charge is 0.447 e. The summed E-state index contributed by atoms with van der Waals surface area (Å²) in [5.74, 6) is 0.509. The molecule has 0 spiro atoms. The molecule has 7 nitrogen and oxygen atoms in total. The highest BCUT2D eigenvalue weighted by Gasteiger charge is 2.34. The number of oxazole rings is 1. The maximum Gasteiger partial charge on any atom is 0.249 e. The minimum absolute atomic E-state index is 0.0742. The van der Waals surface area contributed by atoms with Crippen LogP contribution in [-0.4, -0.2) is 33.4 Å². The van der Waals surface area contributed by atoms with Crippen molar-refractivity contribution in [2.24, 2.45) is 5.92 Å². The molecular formula is C17H24N4O3. The lowest BCUT2D eigenvalue weighted by molar-refractivity contribution is -0.132. The van der Waals surface area contributed by atoms with Crippen molar-refractivity contribution in [1.29, 1.82) is 0 Å². The summed E-state index contributed by atoms with van der Waals surface area (Å²) in [4.78, 5) is 16.8. The van der Waals surface area contributed by atoms with Gasteiger partial charge in [-0.05, 0) is 12.5 Å². The van der Waals surface area contributed by atoms with Gasteiger partial charge in [0.05, 0.1) is 12.2 Å². The van der Waals surface area contributed by atoms with Crippen molar-refractivity contribution in [3.05, 3.63) is 36.3 Å². The van der Waals surface area contributed by atoms with Gasteiger partial charge in [-0.1, -0.05) is 20.8 Å². The van der Waals surface area contributed by atoms with Gasteiger partial charge in [-0.15, -0.1) is 0 Å². The second-order valence-corrected chi connectivity index (χ2v) is 7.16. The van der Waals surface area contributed by atoms with Crippen molar-refractivity contribution in [2.45, 2.75) is 51.8 Å². The fourth-order valence-corrected chi connectivity index (χ4v) is 2.76. The number of amides is 1. The summed E-state index contributed by atoms with van der Waals surface area (Å²) in [6, 6.07) is 1.88. The molecule has 1 amide bonds. The van der Waals surface area contributed by atoms with Crippen LogP contribution in [0.4, 0.5) is 0 Å². The highest BCUT2D eigenvalue weighted by molar-refractivity contribution is 5.81. The molecule has 130 valence electrons. The summed E-state index contributed by atoms with van der Waals surface area (Å²) in [5, 5.41) is 7.06. The Labute approximate surface area is 141 Å². The van der Waals surface area contributed by atoms with Crippen LogP contribution in [0.1, 0.15) is 38.8 Å². The summed E-state index contributed by atoms with van der Waals surface area (Å²) in [6.45, 7) is 7.75. The first-order chi connectivity index (χ1) is 11.4. The van der Waals surface area contributed by atoms with Crippen molar-refractivity contribution in [2.75, 3.05) is 6.61 Å². The third kappa shape index (κ3) is 3.84. The van der Waals surface area contributed by atoms with Crippen molar-refractivity contribution in [3.8, 4) is 0 Å². The van der Waals surface area contributed by atoms with Crippen LogP contribution in [0.25, 0.3) is 0 Å². The predicted octanol–water partition coefficient (Wildman–Crippen LogP) is 1.89. The van der Waals surface area contributed by atoms with Crippen molar-refractivity contribution in [1.82, 2.24) is 20.1 Å². The molecule has 1 aliphatic rings. The van der Waals surface area contributed by atoms with E-state index in [0.29, 0.717) is 19.0 Å². The van der Waals surface area contributed by atoms with Crippen molar-refractivity contribution < 1.29 is 13.9 Å². The number of carbonyl (C=O) groups is 1. The second kappa shape index (κ2) is 6.76. The standard InChI is InChI=1S/C17H24N4O3/c1-17(2,3)13-11-24-14(20-13)9-18-16(22)15-12(5-8-23-15)10-21-7-4-6-19-21/h4,6-7,11-12,15H,5,8-10H2,1-3H3,(H,18,22)/t12-,15-/m1/s1. The molecule has 1 N–H and O–H groups in total. The van der Waals surface area contributed by atoms with E-state index >= 15 is 0 Å². The Balaban J connectivity index is 1.55. The second-order valence-electron chi connectivity index (χ2n) is 7.16. The molecule has 0 bridgehead atoms. The molecule has 0 unspecified atom stereocenters. The molecule has 0 saturated carbocycles. The quantitative estimate of drug-likeness (QED) is 0.904. The molecular weight excluding hydrogens is 308 g/mol. The van der Waals surface area contributed by atoms with Crippen LogP contribution in [0, 0.1) is 5.92 Å². The fourth-order valence-electron chi connectivity index (χ4n) is 2.76. The molecule has 1 aliphatic heterocycles. The molecule has 0 aliphatic carbocycles. The van der Waals surface area contributed by atoms with Gasteiger partial charge in [0, 0.05) is 36.9 Å². The summed E-state index contributed by atoms with van der Waals surface area (Å²) < 4.78 is 12.9. The smallest absolute Gasteiger partial charge is 0.249 e. The van der Waals surface area contributed by atoms with Gasteiger partial charge in [0.25, 0.3) is 0 Å². The van der Waals surface area contributed by atoms with Gasteiger partial charge in [0.1, 0.15) is 12.4 Å². The zero-order chi connectivity index (χ0) is 17.2. The Hall–Kier alpha value is -2.15. The summed E-state index contributed by atoms with van der Waals surface area (Å²) in [6.07, 6.45) is 5.68. The van der Waals surface area contributed by atoms with Crippen LogP contribution in [-0.2, 0) is 28.0 Å².